The van der Waals surface area contributed by atoms with E-state index in [0.717, 1.165) is 6.26 Å². The smallest absolute Gasteiger partial charge is 0.226 e. The minimum Gasteiger partial charge on any atom is -0.366 e. The molecule has 0 saturated heterocycles. The maximum atomic E-state index is 11.3. The van der Waals surface area contributed by atoms with Gasteiger partial charge in [0.15, 0.2) is 11.5 Å². The van der Waals surface area contributed by atoms with Crippen LogP contribution in [-0.4, -0.2) is 53.7 Å². The second-order valence-electron chi connectivity index (χ2n) is 5.36. The molecule has 0 aromatic carbocycles. The number of H-pyrrole nitrogens is 1. The maximum Gasteiger partial charge on any atom is 0.226 e. The predicted molar refractivity (Wildman–Crippen MR) is 81.8 cm³/mol. The quantitative estimate of drug-likeness (QED) is 0.597. The average Bonchev–Trinajstić information content (AvgIpc) is 2.80. The number of anilines is 2. The molecule has 116 valence electrons. The summed E-state index contributed by atoms with van der Waals surface area (Å²) in [6, 6.07) is 0. The van der Waals surface area contributed by atoms with Crippen molar-refractivity contribution in [2.75, 3.05) is 30.5 Å². The topological polar surface area (TPSA) is 125 Å². The Hall–Kier alpha value is -1.94. The predicted octanol–water partition coefficient (Wildman–Crippen LogP) is 0.134. The highest BCUT2D eigenvalue weighted by Gasteiger charge is 2.22. The van der Waals surface area contributed by atoms with Gasteiger partial charge in [0.2, 0.25) is 16.0 Å². The van der Waals surface area contributed by atoms with Crippen molar-refractivity contribution >= 4 is 33.0 Å². The summed E-state index contributed by atoms with van der Waals surface area (Å²) >= 11 is 0. The third kappa shape index (κ3) is 4.02. The van der Waals surface area contributed by atoms with Gasteiger partial charge in [-0.3, -0.25) is 0 Å². The van der Waals surface area contributed by atoms with Crippen LogP contribution in [0.3, 0.4) is 0 Å². The molecule has 0 amide bonds. The van der Waals surface area contributed by atoms with E-state index in [2.05, 4.69) is 35.3 Å². The van der Waals surface area contributed by atoms with Crippen molar-refractivity contribution in [3.8, 4) is 0 Å². The van der Waals surface area contributed by atoms with Gasteiger partial charge in [0.1, 0.15) is 5.52 Å². The van der Waals surface area contributed by atoms with Crippen molar-refractivity contribution < 1.29 is 8.42 Å². The lowest BCUT2D eigenvalue weighted by atomic mass is 10.1. The van der Waals surface area contributed by atoms with Crippen molar-refractivity contribution in [2.45, 2.75) is 19.4 Å². The zero-order valence-corrected chi connectivity index (χ0v) is 13.2. The fourth-order valence-corrected chi connectivity index (χ4v) is 2.99. The molecule has 2 aromatic heterocycles. The molecule has 10 heteroatoms. The third-order valence-corrected chi connectivity index (χ3v) is 3.59. The summed E-state index contributed by atoms with van der Waals surface area (Å²) in [6.45, 7) is 3.92. The molecule has 9 nitrogen and oxygen atoms in total. The van der Waals surface area contributed by atoms with Crippen molar-refractivity contribution in [2.24, 2.45) is 0 Å². The highest BCUT2D eigenvalue weighted by atomic mass is 32.2. The fraction of sp³-hybridized carbons (Fsp3) is 0.545. The molecule has 0 aliphatic heterocycles. The number of rotatable bonds is 6. The van der Waals surface area contributed by atoms with Gasteiger partial charge in [-0.15, -0.1) is 0 Å². The number of nitrogens with zero attached hydrogens (tertiary/aromatic N) is 3. The first-order valence-corrected chi connectivity index (χ1v) is 8.21. The Morgan fingerprint density at radius 2 is 2.05 bits per heavy atom. The summed E-state index contributed by atoms with van der Waals surface area (Å²) in [6.07, 6.45) is 2.66. The Bertz CT molecular complexity index is 738. The van der Waals surface area contributed by atoms with Gasteiger partial charge in [0, 0.05) is 19.1 Å². The van der Waals surface area contributed by atoms with E-state index < -0.39 is 15.6 Å². The zero-order chi connectivity index (χ0) is 15.7. The van der Waals surface area contributed by atoms with E-state index >= 15 is 0 Å². The van der Waals surface area contributed by atoms with Gasteiger partial charge >= 0.3 is 0 Å². The molecule has 0 fully saturated rings. The van der Waals surface area contributed by atoms with Crippen molar-refractivity contribution in [1.82, 2.24) is 24.7 Å². The standard InChI is InChI=1S/C11H19N7O2S/c1-11(2,18-21(4,19)20)5-13-8-7-9(15-6-14-7)17-10(12-3)16-8/h6,18H,5H2,1-4H3,(H3,12,13,14,15,16,17). The Balaban J connectivity index is 2.21. The van der Waals surface area contributed by atoms with Crippen molar-refractivity contribution in [1.29, 1.82) is 0 Å². The molecule has 0 aliphatic carbocycles. The van der Waals surface area contributed by atoms with Crippen LogP contribution in [-0.2, 0) is 10.0 Å². The lowest BCUT2D eigenvalue weighted by molar-refractivity contribution is 0.476. The first-order valence-electron chi connectivity index (χ1n) is 6.32. The Morgan fingerprint density at radius 1 is 1.33 bits per heavy atom. The first kappa shape index (κ1) is 15.4. The number of sulfonamides is 1. The molecule has 0 radical (unpaired) electrons. The van der Waals surface area contributed by atoms with Crippen LogP contribution in [0.1, 0.15) is 13.8 Å². The van der Waals surface area contributed by atoms with Crippen molar-refractivity contribution in [3.05, 3.63) is 6.33 Å². The molecule has 0 aliphatic rings. The molecule has 2 heterocycles. The van der Waals surface area contributed by atoms with Crippen LogP contribution in [0.5, 0.6) is 0 Å². The Labute approximate surface area is 123 Å². The van der Waals surface area contributed by atoms with Gasteiger partial charge in [-0.2, -0.15) is 9.97 Å². The van der Waals surface area contributed by atoms with Gasteiger partial charge in [-0.25, -0.2) is 18.1 Å². The SMILES string of the molecule is CNc1nc(NCC(C)(C)NS(C)(=O)=O)c2[nH]cnc2n1. The van der Waals surface area contributed by atoms with E-state index in [1.165, 1.54) is 6.33 Å². The number of fused-ring (bicyclic) bond motifs is 1. The Morgan fingerprint density at radius 3 is 2.67 bits per heavy atom. The minimum absolute atomic E-state index is 0.356. The minimum atomic E-state index is -3.29. The summed E-state index contributed by atoms with van der Waals surface area (Å²) in [7, 11) is -1.57. The van der Waals surface area contributed by atoms with Crippen molar-refractivity contribution in [3.63, 3.8) is 0 Å². The highest BCUT2D eigenvalue weighted by molar-refractivity contribution is 7.88. The zero-order valence-electron chi connectivity index (χ0n) is 12.4. The Kier molecular flexibility index (Phi) is 4.01. The van der Waals surface area contributed by atoms with E-state index in [9.17, 15) is 8.42 Å². The van der Waals surface area contributed by atoms with E-state index in [1.807, 2.05) is 0 Å². The maximum absolute atomic E-state index is 11.3. The largest absolute Gasteiger partial charge is 0.366 e. The van der Waals surface area contributed by atoms with Crippen LogP contribution in [0, 0.1) is 0 Å². The molecule has 4 N–H and O–H groups in total. The van der Waals surface area contributed by atoms with Gasteiger partial charge in [0.25, 0.3) is 0 Å². The summed E-state index contributed by atoms with van der Waals surface area (Å²) in [5, 5.41) is 5.98. The lowest BCUT2D eigenvalue weighted by Crippen LogP contribution is -2.47. The fourth-order valence-electron chi connectivity index (χ4n) is 1.92. The van der Waals surface area contributed by atoms with Crippen LogP contribution in [0.25, 0.3) is 11.2 Å². The molecule has 0 atom stereocenters. The third-order valence-electron chi connectivity index (χ3n) is 2.67. The first-order chi connectivity index (χ1) is 9.70. The average molecular weight is 313 g/mol. The number of hydrogen-bond acceptors (Lipinski definition) is 7. The summed E-state index contributed by atoms with van der Waals surface area (Å²) < 4.78 is 25.2. The van der Waals surface area contributed by atoms with Gasteiger partial charge in [0.05, 0.1) is 12.6 Å². The lowest BCUT2D eigenvalue weighted by Gasteiger charge is -2.25. The molecule has 2 aromatic rings. The second kappa shape index (κ2) is 5.45. The van der Waals surface area contributed by atoms with E-state index in [4.69, 9.17) is 0 Å². The van der Waals surface area contributed by atoms with Gasteiger partial charge < -0.3 is 15.6 Å². The van der Waals surface area contributed by atoms with E-state index in [0.29, 0.717) is 29.5 Å². The van der Waals surface area contributed by atoms with Crippen LogP contribution in [0.2, 0.25) is 0 Å². The van der Waals surface area contributed by atoms with Crippen LogP contribution >= 0.6 is 0 Å². The molecule has 0 spiro atoms. The summed E-state index contributed by atoms with van der Waals surface area (Å²) in [5.41, 5.74) is 0.542. The number of nitrogens with one attached hydrogen (secondary N) is 4. The molecule has 0 saturated carbocycles. The number of aromatic amines is 1. The van der Waals surface area contributed by atoms with Crippen LogP contribution in [0.4, 0.5) is 11.8 Å². The molecule has 2 rings (SSSR count). The highest BCUT2D eigenvalue weighted by Crippen LogP contribution is 2.19. The molecular weight excluding hydrogens is 294 g/mol. The summed E-state index contributed by atoms with van der Waals surface area (Å²) in [4.78, 5) is 15.6. The molecular formula is C11H19N7O2S. The van der Waals surface area contributed by atoms with Gasteiger partial charge in [-0.1, -0.05) is 0 Å². The molecule has 0 bridgehead atoms. The van der Waals surface area contributed by atoms with E-state index in [-0.39, 0.29) is 0 Å². The van der Waals surface area contributed by atoms with E-state index in [1.54, 1.807) is 20.9 Å². The number of hydrogen-bond donors (Lipinski definition) is 4. The van der Waals surface area contributed by atoms with Gasteiger partial charge in [-0.05, 0) is 13.8 Å². The summed E-state index contributed by atoms with van der Waals surface area (Å²) in [5.74, 6) is 0.996. The normalized spacial score (nSPS) is 12.6. The molecule has 0 unspecified atom stereocenters. The van der Waals surface area contributed by atoms with Crippen LogP contribution < -0.4 is 15.4 Å². The number of aromatic nitrogens is 4. The number of imidazole rings is 1. The molecule has 21 heavy (non-hydrogen) atoms. The van der Waals surface area contributed by atoms with Crippen LogP contribution in [0.15, 0.2) is 6.33 Å². The second-order valence-corrected chi connectivity index (χ2v) is 7.11. The monoisotopic (exact) mass is 313 g/mol.